The summed E-state index contributed by atoms with van der Waals surface area (Å²) < 4.78 is 20.6. The number of thiazole rings is 1. The molecule has 1 N–H and O–H groups in total. The van der Waals surface area contributed by atoms with Crippen LogP contribution in [0.25, 0.3) is 21.7 Å². The minimum atomic E-state index is -0.589. The number of rotatable bonds is 5. The van der Waals surface area contributed by atoms with Crippen molar-refractivity contribution in [2.24, 2.45) is 0 Å². The van der Waals surface area contributed by atoms with Crippen LogP contribution < -0.4 is 15.8 Å². The van der Waals surface area contributed by atoms with Crippen molar-refractivity contribution in [1.29, 1.82) is 0 Å². The van der Waals surface area contributed by atoms with E-state index >= 15 is 0 Å². The number of nitrogens with zero attached hydrogens (tertiary/aromatic N) is 4. The molecule has 1 aliphatic heterocycles. The molecule has 0 radical (unpaired) electrons. The van der Waals surface area contributed by atoms with Gasteiger partial charge in [-0.3, -0.25) is 9.59 Å². The van der Waals surface area contributed by atoms with Gasteiger partial charge in [-0.05, 0) is 43.2 Å². The highest BCUT2D eigenvalue weighted by molar-refractivity contribution is 7.22. The van der Waals surface area contributed by atoms with Crippen molar-refractivity contribution >= 4 is 49.9 Å². The maximum Gasteiger partial charge on any atom is 0.294 e. The molecule has 4 heterocycles. The summed E-state index contributed by atoms with van der Waals surface area (Å²) in [6.07, 6.45) is 3.68. The van der Waals surface area contributed by atoms with Gasteiger partial charge >= 0.3 is 0 Å². The number of fused-ring (bicyclic) bond motifs is 1. The van der Waals surface area contributed by atoms with Crippen molar-refractivity contribution in [2.75, 3.05) is 23.3 Å². The van der Waals surface area contributed by atoms with E-state index in [0.717, 1.165) is 41.8 Å². The SMILES string of the molecule is O=C(Cn1nc(-c2ccco2)c2sc(N3CCCC3)nc2c1=O)Nc1ccc(F)c(Cl)c1. The largest absolute Gasteiger partial charge is 0.463 e. The van der Waals surface area contributed by atoms with Crippen LogP contribution in [0.1, 0.15) is 12.8 Å². The zero-order chi connectivity index (χ0) is 22.2. The summed E-state index contributed by atoms with van der Waals surface area (Å²) in [5, 5.41) is 7.65. The number of amides is 1. The van der Waals surface area contributed by atoms with E-state index in [9.17, 15) is 14.0 Å². The van der Waals surface area contributed by atoms with Crippen LogP contribution in [-0.4, -0.2) is 33.8 Å². The fourth-order valence-corrected chi connectivity index (χ4v) is 4.86. The number of furan rings is 1. The minimum absolute atomic E-state index is 0.114. The molecule has 3 aromatic heterocycles. The lowest BCUT2D eigenvalue weighted by molar-refractivity contribution is -0.117. The van der Waals surface area contributed by atoms with E-state index in [1.165, 1.54) is 29.7 Å². The summed E-state index contributed by atoms with van der Waals surface area (Å²) in [4.78, 5) is 32.4. The van der Waals surface area contributed by atoms with Gasteiger partial charge in [0.25, 0.3) is 5.56 Å². The number of carbonyl (C=O) groups excluding carboxylic acids is 1. The second-order valence-electron chi connectivity index (χ2n) is 7.33. The molecule has 164 valence electrons. The highest BCUT2D eigenvalue weighted by atomic mass is 35.5. The third kappa shape index (κ3) is 3.87. The number of halogens is 2. The molecule has 1 aliphatic rings. The average molecular weight is 474 g/mol. The second-order valence-corrected chi connectivity index (χ2v) is 8.72. The van der Waals surface area contributed by atoms with E-state index < -0.39 is 17.3 Å². The average Bonchev–Trinajstić information content (AvgIpc) is 3.54. The van der Waals surface area contributed by atoms with Crippen LogP contribution in [0.4, 0.5) is 15.2 Å². The predicted molar refractivity (Wildman–Crippen MR) is 121 cm³/mol. The van der Waals surface area contributed by atoms with E-state index in [0.29, 0.717) is 21.8 Å². The van der Waals surface area contributed by atoms with Gasteiger partial charge in [-0.1, -0.05) is 22.9 Å². The van der Waals surface area contributed by atoms with Crippen LogP contribution in [0.5, 0.6) is 0 Å². The summed E-state index contributed by atoms with van der Waals surface area (Å²) in [5.74, 6) is -0.624. The number of aromatic nitrogens is 3. The molecule has 0 aliphatic carbocycles. The molecule has 4 aromatic rings. The lowest BCUT2D eigenvalue weighted by atomic mass is 10.3. The first-order chi connectivity index (χ1) is 15.5. The first-order valence-electron chi connectivity index (χ1n) is 9.95. The van der Waals surface area contributed by atoms with Gasteiger partial charge in [-0.15, -0.1) is 0 Å². The number of anilines is 2. The quantitative estimate of drug-likeness (QED) is 0.468. The minimum Gasteiger partial charge on any atom is -0.463 e. The van der Waals surface area contributed by atoms with E-state index in [4.69, 9.17) is 16.0 Å². The predicted octanol–water partition coefficient (Wildman–Crippen LogP) is 4.14. The summed E-state index contributed by atoms with van der Waals surface area (Å²) in [6, 6.07) is 7.30. The van der Waals surface area contributed by atoms with Gasteiger partial charge in [0.1, 0.15) is 18.1 Å². The number of benzene rings is 1. The van der Waals surface area contributed by atoms with Crippen molar-refractivity contribution in [3.05, 3.63) is 57.8 Å². The molecular weight excluding hydrogens is 457 g/mol. The van der Waals surface area contributed by atoms with Gasteiger partial charge in [0.2, 0.25) is 5.91 Å². The molecule has 1 fully saturated rings. The summed E-state index contributed by atoms with van der Waals surface area (Å²) in [5.41, 5.74) is 0.539. The first-order valence-corrected chi connectivity index (χ1v) is 11.1. The summed E-state index contributed by atoms with van der Waals surface area (Å²) in [7, 11) is 0. The van der Waals surface area contributed by atoms with Gasteiger partial charge < -0.3 is 14.6 Å². The molecule has 11 heteroatoms. The number of hydrogen-bond donors (Lipinski definition) is 1. The molecule has 0 spiro atoms. The van der Waals surface area contributed by atoms with E-state index in [1.807, 2.05) is 0 Å². The van der Waals surface area contributed by atoms with Gasteiger partial charge in [-0.25, -0.2) is 14.1 Å². The van der Waals surface area contributed by atoms with Crippen LogP contribution in [0.3, 0.4) is 0 Å². The fourth-order valence-electron chi connectivity index (χ4n) is 3.58. The lowest BCUT2D eigenvalue weighted by Crippen LogP contribution is -2.30. The van der Waals surface area contributed by atoms with Gasteiger partial charge in [0.05, 0.1) is 16.0 Å². The smallest absolute Gasteiger partial charge is 0.294 e. The van der Waals surface area contributed by atoms with E-state index in [2.05, 4.69) is 20.3 Å². The van der Waals surface area contributed by atoms with Crippen molar-refractivity contribution in [2.45, 2.75) is 19.4 Å². The normalized spacial score (nSPS) is 13.8. The van der Waals surface area contributed by atoms with Gasteiger partial charge in [0, 0.05) is 18.8 Å². The first kappa shape index (κ1) is 20.7. The van der Waals surface area contributed by atoms with Crippen LogP contribution in [-0.2, 0) is 11.3 Å². The van der Waals surface area contributed by atoms with Crippen LogP contribution in [0.15, 0.2) is 45.8 Å². The monoisotopic (exact) mass is 473 g/mol. The van der Waals surface area contributed by atoms with Crippen LogP contribution in [0, 0.1) is 5.82 Å². The Morgan fingerprint density at radius 3 is 2.81 bits per heavy atom. The third-order valence-electron chi connectivity index (χ3n) is 5.12. The maximum absolute atomic E-state index is 13.4. The van der Waals surface area contributed by atoms with Crippen LogP contribution >= 0.6 is 22.9 Å². The maximum atomic E-state index is 13.4. The fraction of sp³-hybridized carbons (Fsp3) is 0.238. The molecule has 5 rings (SSSR count). The van der Waals surface area contributed by atoms with Crippen molar-refractivity contribution in [3.63, 3.8) is 0 Å². The molecule has 8 nitrogen and oxygen atoms in total. The van der Waals surface area contributed by atoms with E-state index in [-0.39, 0.29) is 17.1 Å². The number of nitrogens with one attached hydrogen (secondary N) is 1. The van der Waals surface area contributed by atoms with Crippen molar-refractivity contribution < 1.29 is 13.6 Å². The zero-order valence-corrected chi connectivity index (χ0v) is 18.2. The number of hydrogen-bond acceptors (Lipinski definition) is 7. The highest BCUT2D eigenvalue weighted by Gasteiger charge is 2.23. The Balaban J connectivity index is 1.52. The topological polar surface area (TPSA) is 93.3 Å². The summed E-state index contributed by atoms with van der Waals surface area (Å²) in [6.45, 7) is 1.42. The second kappa shape index (κ2) is 8.36. The van der Waals surface area contributed by atoms with Gasteiger partial charge in [-0.2, -0.15) is 5.10 Å². The number of carbonyl (C=O) groups is 1. The van der Waals surface area contributed by atoms with Gasteiger partial charge in [0.15, 0.2) is 16.4 Å². The Hall–Kier alpha value is -3.24. The molecule has 0 atom stereocenters. The Kier molecular flexibility index (Phi) is 5.40. The molecule has 32 heavy (non-hydrogen) atoms. The standard InChI is InChI=1S/C21H17ClFN5O3S/c22-13-10-12(5-6-14(13)23)24-16(29)11-28-20(30)18-19(17(26-28)15-4-3-9-31-15)32-21(25-18)27-7-1-2-8-27/h3-6,9-10H,1-2,7-8,11H2,(H,24,29). The molecule has 1 saturated heterocycles. The molecule has 1 aromatic carbocycles. The van der Waals surface area contributed by atoms with Crippen LogP contribution in [0.2, 0.25) is 5.02 Å². The molecule has 0 bridgehead atoms. The highest BCUT2D eigenvalue weighted by Crippen LogP contribution is 2.35. The molecular formula is C21H17ClFN5O3S. The third-order valence-corrected chi connectivity index (χ3v) is 6.53. The Morgan fingerprint density at radius 1 is 1.28 bits per heavy atom. The zero-order valence-electron chi connectivity index (χ0n) is 16.7. The van der Waals surface area contributed by atoms with Crippen molar-refractivity contribution in [3.8, 4) is 11.5 Å². The Bertz CT molecular complexity index is 1360. The van der Waals surface area contributed by atoms with E-state index in [1.54, 1.807) is 12.1 Å². The molecule has 0 saturated carbocycles. The molecule has 1 amide bonds. The Labute approximate surface area is 190 Å². The Morgan fingerprint density at radius 2 is 2.09 bits per heavy atom. The molecule has 0 unspecified atom stereocenters. The lowest BCUT2D eigenvalue weighted by Gasteiger charge is -2.11. The summed E-state index contributed by atoms with van der Waals surface area (Å²) >= 11 is 7.16. The van der Waals surface area contributed by atoms with Crippen molar-refractivity contribution in [1.82, 2.24) is 14.8 Å².